The first-order chi connectivity index (χ1) is 8.86. The molecule has 19 heavy (non-hydrogen) atoms. The van der Waals surface area contributed by atoms with E-state index in [1.807, 2.05) is 24.6 Å². The molecule has 0 unspecified atom stereocenters. The van der Waals surface area contributed by atoms with Gasteiger partial charge in [0.05, 0.1) is 18.6 Å². The summed E-state index contributed by atoms with van der Waals surface area (Å²) in [6, 6.07) is 2.43. The molecule has 0 aliphatic rings. The van der Waals surface area contributed by atoms with Crippen LogP contribution in [0.3, 0.4) is 0 Å². The summed E-state index contributed by atoms with van der Waals surface area (Å²) in [7, 11) is 0. The van der Waals surface area contributed by atoms with Crippen LogP contribution in [0.15, 0.2) is 30.9 Å². The predicted molar refractivity (Wildman–Crippen MR) is 64.7 cm³/mol. The third kappa shape index (κ3) is 3.33. The Morgan fingerprint density at radius 2 is 1.95 bits per heavy atom. The van der Waals surface area contributed by atoms with Crippen LogP contribution in [0.25, 0.3) is 0 Å². The lowest BCUT2D eigenvalue weighted by Crippen LogP contribution is -2.08. The molecule has 102 valence electrons. The predicted octanol–water partition coefficient (Wildman–Crippen LogP) is 3.47. The number of halogens is 3. The van der Waals surface area contributed by atoms with Crippen LogP contribution in [0.5, 0.6) is 0 Å². The number of rotatable bonds is 3. The third-order valence-electron chi connectivity index (χ3n) is 2.73. The van der Waals surface area contributed by atoms with Crippen molar-refractivity contribution in [2.24, 2.45) is 0 Å². The van der Waals surface area contributed by atoms with Crippen LogP contribution in [0.4, 0.5) is 13.2 Å². The molecule has 0 spiro atoms. The van der Waals surface area contributed by atoms with Crippen molar-refractivity contribution in [1.82, 2.24) is 14.5 Å². The molecule has 0 atom stereocenters. The zero-order valence-electron chi connectivity index (χ0n) is 10.6. The Kier molecular flexibility index (Phi) is 3.59. The first-order valence-electron chi connectivity index (χ1n) is 5.90. The average molecular weight is 269 g/mol. The van der Waals surface area contributed by atoms with E-state index in [2.05, 4.69) is 9.97 Å². The molecule has 2 heterocycles. The van der Waals surface area contributed by atoms with Gasteiger partial charge in [-0.15, -0.1) is 0 Å². The Bertz CT molecular complexity index is 541. The highest BCUT2D eigenvalue weighted by molar-refractivity contribution is 5.17. The van der Waals surface area contributed by atoms with Gasteiger partial charge >= 0.3 is 6.18 Å². The van der Waals surface area contributed by atoms with Crippen molar-refractivity contribution in [2.75, 3.05) is 0 Å². The highest BCUT2D eigenvalue weighted by atomic mass is 19.4. The summed E-state index contributed by atoms with van der Waals surface area (Å²) >= 11 is 0. The van der Waals surface area contributed by atoms with Crippen molar-refractivity contribution < 1.29 is 13.2 Å². The molecule has 2 aromatic rings. The fourth-order valence-electron chi connectivity index (χ4n) is 1.66. The summed E-state index contributed by atoms with van der Waals surface area (Å²) < 4.78 is 38.9. The van der Waals surface area contributed by atoms with E-state index in [1.54, 1.807) is 6.33 Å². The minimum absolute atomic E-state index is 0.326. The minimum Gasteiger partial charge on any atom is -0.333 e. The maximum Gasteiger partial charge on any atom is 0.433 e. The number of imidazole rings is 1. The second-order valence-corrected chi connectivity index (χ2v) is 4.68. The smallest absolute Gasteiger partial charge is 0.333 e. The zero-order chi connectivity index (χ0) is 14.0. The van der Waals surface area contributed by atoms with Gasteiger partial charge in [-0.05, 0) is 17.5 Å². The molecule has 0 fully saturated rings. The largest absolute Gasteiger partial charge is 0.433 e. The molecule has 0 amide bonds. The van der Waals surface area contributed by atoms with Gasteiger partial charge in [-0.2, -0.15) is 13.2 Å². The fraction of sp³-hybridized carbons (Fsp3) is 0.385. The van der Waals surface area contributed by atoms with Gasteiger partial charge < -0.3 is 4.57 Å². The molecule has 0 N–H and O–H groups in total. The van der Waals surface area contributed by atoms with Crippen molar-refractivity contribution in [3.05, 3.63) is 47.8 Å². The van der Waals surface area contributed by atoms with Gasteiger partial charge in [-0.25, -0.2) is 4.98 Å². The minimum atomic E-state index is -4.39. The van der Waals surface area contributed by atoms with E-state index >= 15 is 0 Å². The summed E-state index contributed by atoms with van der Waals surface area (Å²) in [5.41, 5.74) is 0.797. The highest BCUT2D eigenvalue weighted by Gasteiger charge is 2.31. The highest BCUT2D eigenvalue weighted by Crippen LogP contribution is 2.27. The molecule has 0 aliphatic carbocycles. The number of aromatic nitrogens is 3. The maximum atomic E-state index is 12.4. The molecule has 0 saturated carbocycles. The van der Waals surface area contributed by atoms with E-state index < -0.39 is 11.9 Å². The molecule has 2 aromatic heterocycles. The molecule has 6 heteroatoms. The molecule has 0 aliphatic heterocycles. The molecule has 0 aromatic carbocycles. The first kappa shape index (κ1) is 13.6. The van der Waals surface area contributed by atoms with Crippen LogP contribution in [0, 0.1) is 0 Å². The summed E-state index contributed by atoms with van der Waals surface area (Å²) in [5, 5.41) is 0. The quantitative estimate of drug-likeness (QED) is 0.854. The topological polar surface area (TPSA) is 30.7 Å². The normalized spacial score (nSPS) is 12.1. The van der Waals surface area contributed by atoms with Crippen LogP contribution in [0.2, 0.25) is 0 Å². The molecule has 0 radical (unpaired) electrons. The summed E-state index contributed by atoms with van der Waals surface area (Å²) in [5.74, 6) is 0.326. The fourth-order valence-corrected chi connectivity index (χ4v) is 1.66. The number of nitrogens with zero attached hydrogens (tertiary/aromatic N) is 3. The van der Waals surface area contributed by atoms with E-state index in [1.165, 1.54) is 12.3 Å². The Hall–Kier alpha value is -1.85. The number of hydrogen-bond acceptors (Lipinski definition) is 2. The average Bonchev–Trinajstić information content (AvgIpc) is 2.77. The Morgan fingerprint density at radius 3 is 2.42 bits per heavy atom. The number of hydrogen-bond donors (Lipinski definition) is 0. The van der Waals surface area contributed by atoms with Crippen molar-refractivity contribution in [3.8, 4) is 0 Å². The Balaban J connectivity index is 2.11. The number of pyridine rings is 1. The SMILES string of the molecule is CC(C)c1cn(Cc2ccc(C(F)(F)F)nc2)cn1. The third-order valence-corrected chi connectivity index (χ3v) is 2.73. The standard InChI is InChI=1S/C13H14F3N3/c1-9(2)11-7-19(8-18-11)6-10-3-4-12(17-5-10)13(14,15)16/h3-5,7-9H,6H2,1-2H3. The second-order valence-electron chi connectivity index (χ2n) is 4.68. The van der Waals surface area contributed by atoms with Gasteiger partial charge in [0.2, 0.25) is 0 Å². The molecule has 2 rings (SSSR count). The second kappa shape index (κ2) is 5.03. The van der Waals surface area contributed by atoms with Gasteiger partial charge in [0.25, 0.3) is 0 Å². The summed E-state index contributed by atoms with van der Waals surface area (Å²) in [6.07, 6.45) is 0.422. The molecular weight excluding hydrogens is 255 g/mol. The Labute approximate surface area is 109 Å². The molecular formula is C13H14F3N3. The molecule has 0 bridgehead atoms. The zero-order valence-corrected chi connectivity index (χ0v) is 10.6. The maximum absolute atomic E-state index is 12.4. The van der Waals surface area contributed by atoms with Crippen molar-refractivity contribution in [2.45, 2.75) is 32.5 Å². The van der Waals surface area contributed by atoms with Gasteiger partial charge in [-0.1, -0.05) is 19.9 Å². The molecule has 3 nitrogen and oxygen atoms in total. The first-order valence-corrected chi connectivity index (χ1v) is 5.90. The van der Waals surface area contributed by atoms with Crippen LogP contribution < -0.4 is 0 Å². The van der Waals surface area contributed by atoms with Crippen molar-refractivity contribution >= 4 is 0 Å². The van der Waals surface area contributed by atoms with Gasteiger partial charge in [0.15, 0.2) is 0 Å². The molecule has 0 saturated heterocycles. The Morgan fingerprint density at radius 1 is 1.21 bits per heavy atom. The van der Waals surface area contributed by atoms with E-state index in [4.69, 9.17) is 0 Å². The van der Waals surface area contributed by atoms with Crippen LogP contribution in [-0.2, 0) is 12.7 Å². The summed E-state index contributed by atoms with van der Waals surface area (Å²) in [6.45, 7) is 4.53. The monoisotopic (exact) mass is 269 g/mol. The summed E-state index contributed by atoms with van der Waals surface area (Å²) in [4.78, 5) is 7.66. The van der Waals surface area contributed by atoms with Crippen LogP contribution in [0.1, 0.15) is 36.7 Å². The van der Waals surface area contributed by atoms with Crippen LogP contribution >= 0.6 is 0 Å². The van der Waals surface area contributed by atoms with E-state index in [0.717, 1.165) is 11.8 Å². The number of alkyl halides is 3. The van der Waals surface area contributed by atoms with Gasteiger partial charge in [0.1, 0.15) is 5.69 Å². The van der Waals surface area contributed by atoms with E-state index in [-0.39, 0.29) is 0 Å². The lowest BCUT2D eigenvalue weighted by Gasteiger charge is -2.07. The van der Waals surface area contributed by atoms with Crippen molar-refractivity contribution in [1.29, 1.82) is 0 Å². The van der Waals surface area contributed by atoms with Crippen molar-refractivity contribution in [3.63, 3.8) is 0 Å². The van der Waals surface area contributed by atoms with Gasteiger partial charge in [0, 0.05) is 12.4 Å². The van der Waals surface area contributed by atoms with Crippen LogP contribution in [-0.4, -0.2) is 14.5 Å². The van der Waals surface area contributed by atoms with E-state index in [9.17, 15) is 13.2 Å². The van der Waals surface area contributed by atoms with Gasteiger partial charge in [-0.3, -0.25) is 4.98 Å². The lowest BCUT2D eigenvalue weighted by molar-refractivity contribution is -0.141. The lowest BCUT2D eigenvalue weighted by atomic mass is 10.2. The van der Waals surface area contributed by atoms with E-state index in [0.29, 0.717) is 18.0 Å².